The molecule has 2 rings (SSSR count). The molecular formula is C23H23N3. The fourth-order valence-electron chi connectivity index (χ4n) is 2.30. The Hall–Kier alpha value is -3.33. The molecule has 2 aromatic rings. The Morgan fingerprint density at radius 2 is 1.54 bits per heavy atom. The molecule has 0 radical (unpaired) electrons. The Morgan fingerprint density at radius 1 is 0.846 bits per heavy atom. The second-order valence-electron chi connectivity index (χ2n) is 5.38. The maximum Gasteiger partial charge on any atom is 0.164 e. The number of allylic oxidation sites excluding steroid dienone is 10. The zero-order valence-corrected chi connectivity index (χ0v) is 15.3. The van der Waals surface area contributed by atoms with Crippen LogP contribution in [0.3, 0.4) is 0 Å². The van der Waals surface area contributed by atoms with Gasteiger partial charge < -0.3 is 0 Å². The SMILES string of the molecule is C=C/C=C(\C=C)c1nc(C(/C=C\C)=C/C=C\C)nc(-c2ccccc2)n1. The third-order valence-electron chi connectivity index (χ3n) is 3.52. The molecule has 1 aromatic carbocycles. The van der Waals surface area contributed by atoms with E-state index in [1.165, 1.54) is 0 Å². The van der Waals surface area contributed by atoms with Gasteiger partial charge in [-0.1, -0.05) is 92.1 Å². The number of aromatic nitrogens is 3. The fourth-order valence-corrected chi connectivity index (χ4v) is 2.30. The van der Waals surface area contributed by atoms with Crippen molar-refractivity contribution in [2.45, 2.75) is 13.8 Å². The largest absolute Gasteiger partial charge is 0.208 e. The average Bonchev–Trinajstić information content (AvgIpc) is 2.69. The van der Waals surface area contributed by atoms with Crippen molar-refractivity contribution in [3.63, 3.8) is 0 Å². The number of rotatable bonds is 7. The van der Waals surface area contributed by atoms with Crippen LogP contribution in [0.15, 0.2) is 92.1 Å². The molecular weight excluding hydrogens is 318 g/mol. The summed E-state index contributed by atoms with van der Waals surface area (Å²) in [6.45, 7) is 11.6. The van der Waals surface area contributed by atoms with Crippen LogP contribution < -0.4 is 0 Å². The van der Waals surface area contributed by atoms with E-state index in [4.69, 9.17) is 0 Å². The van der Waals surface area contributed by atoms with Crippen molar-refractivity contribution in [1.82, 2.24) is 15.0 Å². The van der Waals surface area contributed by atoms with Gasteiger partial charge in [-0.15, -0.1) is 0 Å². The third kappa shape index (κ3) is 4.84. The molecule has 3 heteroatoms. The summed E-state index contributed by atoms with van der Waals surface area (Å²) in [6.07, 6.45) is 15.1. The van der Waals surface area contributed by atoms with E-state index in [9.17, 15) is 0 Å². The Morgan fingerprint density at radius 3 is 2.12 bits per heavy atom. The fraction of sp³-hybridized carbons (Fsp3) is 0.0870. The van der Waals surface area contributed by atoms with E-state index in [2.05, 4.69) is 28.1 Å². The van der Waals surface area contributed by atoms with E-state index < -0.39 is 0 Å². The molecule has 0 aliphatic carbocycles. The van der Waals surface area contributed by atoms with E-state index in [0.717, 1.165) is 16.7 Å². The highest BCUT2D eigenvalue weighted by atomic mass is 15.0. The lowest BCUT2D eigenvalue weighted by Gasteiger charge is -2.09. The van der Waals surface area contributed by atoms with Gasteiger partial charge in [-0.3, -0.25) is 0 Å². The topological polar surface area (TPSA) is 38.7 Å². The molecule has 26 heavy (non-hydrogen) atoms. The van der Waals surface area contributed by atoms with Crippen LogP contribution in [0.25, 0.3) is 22.5 Å². The van der Waals surface area contributed by atoms with Gasteiger partial charge in [0.25, 0.3) is 0 Å². The van der Waals surface area contributed by atoms with Crippen molar-refractivity contribution in [2.24, 2.45) is 0 Å². The standard InChI is InChI=1S/C23H23N3/c1-5-9-15-19(14-7-3)22-24-21(18(8-4)13-6-2)25-23(26-22)20-16-11-10-12-17-20/h5-17H,2,4H2,1,3H3/b9-5-,14-7-,18-13+,19-15+. The lowest BCUT2D eigenvalue weighted by molar-refractivity contribution is 1.00. The minimum Gasteiger partial charge on any atom is -0.208 e. The Labute approximate surface area is 155 Å². The molecule has 0 atom stereocenters. The van der Waals surface area contributed by atoms with Crippen LogP contribution in [0, 0.1) is 0 Å². The number of nitrogens with zero attached hydrogens (tertiary/aromatic N) is 3. The summed E-state index contributed by atoms with van der Waals surface area (Å²) >= 11 is 0. The second kappa shape index (κ2) is 9.84. The second-order valence-corrected chi connectivity index (χ2v) is 5.38. The van der Waals surface area contributed by atoms with Gasteiger partial charge in [-0.2, -0.15) is 0 Å². The molecule has 0 fully saturated rings. The van der Waals surface area contributed by atoms with Crippen LogP contribution in [-0.2, 0) is 0 Å². The minimum atomic E-state index is 0.569. The van der Waals surface area contributed by atoms with E-state index in [1.54, 1.807) is 12.2 Å². The van der Waals surface area contributed by atoms with Crippen molar-refractivity contribution >= 4 is 11.1 Å². The van der Waals surface area contributed by atoms with Crippen molar-refractivity contribution in [3.05, 3.63) is 104 Å². The maximum absolute atomic E-state index is 4.69. The summed E-state index contributed by atoms with van der Waals surface area (Å²) in [5.74, 6) is 1.81. The summed E-state index contributed by atoms with van der Waals surface area (Å²) in [4.78, 5) is 14.0. The molecule has 0 aliphatic heterocycles. The minimum absolute atomic E-state index is 0.569. The predicted molar refractivity (Wildman–Crippen MR) is 111 cm³/mol. The maximum atomic E-state index is 4.69. The lowest BCUT2D eigenvalue weighted by Crippen LogP contribution is -2.04. The van der Waals surface area contributed by atoms with Crippen molar-refractivity contribution in [2.75, 3.05) is 0 Å². The summed E-state index contributed by atoms with van der Waals surface area (Å²) in [5.41, 5.74) is 2.64. The molecule has 3 nitrogen and oxygen atoms in total. The Kier molecular flexibility index (Phi) is 7.19. The van der Waals surface area contributed by atoms with E-state index in [-0.39, 0.29) is 0 Å². The first-order valence-electron chi connectivity index (χ1n) is 8.46. The molecule has 130 valence electrons. The normalized spacial score (nSPS) is 12.7. The van der Waals surface area contributed by atoms with Crippen LogP contribution in [0.2, 0.25) is 0 Å². The molecule has 1 heterocycles. The third-order valence-corrected chi connectivity index (χ3v) is 3.52. The van der Waals surface area contributed by atoms with E-state index >= 15 is 0 Å². The molecule has 0 bridgehead atoms. The van der Waals surface area contributed by atoms with Crippen LogP contribution in [0.5, 0.6) is 0 Å². The highest BCUT2D eigenvalue weighted by Crippen LogP contribution is 2.21. The summed E-state index contributed by atoms with van der Waals surface area (Å²) in [7, 11) is 0. The number of hydrogen-bond acceptors (Lipinski definition) is 3. The van der Waals surface area contributed by atoms with Gasteiger partial charge in [-0.05, 0) is 13.8 Å². The van der Waals surface area contributed by atoms with Crippen LogP contribution >= 0.6 is 0 Å². The highest BCUT2D eigenvalue weighted by molar-refractivity contribution is 5.75. The highest BCUT2D eigenvalue weighted by Gasteiger charge is 2.12. The first-order valence-corrected chi connectivity index (χ1v) is 8.46. The summed E-state index contributed by atoms with van der Waals surface area (Å²) in [5, 5.41) is 0. The molecule has 1 aromatic heterocycles. The molecule has 0 aliphatic rings. The molecule has 0 saturated heterocycles. The first kappa shape index (κ1) is 19.0. The summed E-state index contributed by atoms with van der Waals surface area (Å²) < 4.78 is 0. The zero-order valence-electron chi connectivity index (χ0n) is 15.3. The average molecular weight is 341 g/mol. The molecule has 0 N–H and O–H groups in total. The summed E-state index contributed by atoms with van der Waals surface area (Å²) in [6, 6.07) is 9.87. The van der Waals surface area contributed by atoms with Crippen LogP contribution in [0.4, 0.5) is 0 Å². The van der Waals surface area contributed by atoms with Crippen LogP contribution in [0.1, 0.15) is 25.5 Å². The van der Waals surface area contributed by atoms with Gasteiger partial charge in [-0.25, -0.2) is 15.0 Å². The zero-order chi connectivity index (χ0) is 18.8. The Balaban J connectivity index is 2.73. The quantitative estimate of drug-likeness (QED) is 0.595. The molecule has 0 amide bonds. The molecule has 0 unspecified atom stereocenters. The van der Waals surface area contributed by atoms with Gasteiger partial charge >= 0.3 is 0 Å². The first-order chi connectivity index (χ1) is 12.7. The van der Waals surface area contributed by atoms with Gasteiger partial charge in [0.15, 0.2) is 17.5 Å². The molecule has 0 saturated carbocycles. The Bertz CT molecular complexity index is 885. The number of hydrogen-bond donors (Lipinski definition) is 0. The smallest absolute Gasteiger partial charge is 0.164 e. The monoisotopic (exact) mass is 341 g/mol. The van der Waals surface area contributed by atoms with E-state index in [0.29, 0.717) is 17.5 Å². The van der Waals surface area contributed by atoms with Crippen molar-refractivity contribution < 1.29 is 0 Å². The van der Waals surface area contributed by atoms with Gasteiger partial charge in [0.05, 0.1) is 0 Å². The van der Waals surface area contributed by atoms with Gasteiger partial charge in [0.1, 0.15) is 0 Å². The van der Waals surface area contributed by atoms with Crippen molar-refractivity contribution in [3.8, 4) is 11.4 Å². The predicted octanol–water partition coefficient (Wildman–Crippen LogP) is 5.83. The lowest BCUT2D eigenvalue weighted by atomic mass is 10.1. The van der Waals surface area contributed by atoms with Gasteiger partial charge in [0.2, 0.25) is 0 Å². The van der Waals surface area contributed by atoms with Gasteiger partial charge in [0, 0.05) is 16.7 Å². The number of benzene rings is 1. The van der Waals surface area contributed by atoms with E-state index in [1.807, 2.05) is 80.6 Å². The van der Waals surface area contributed by atoms with Crippen molar-refractivity contribution in [1.29, 1.82) is 0 Å². The van der Waals surface area contributed by atoms with Crippen LogP contribution in [-0.4, -0.2) is 15.0 Å². The molecule has 0 spiro atoms.